The van der Waals surface area contributed by atoms with Gasteiger partial charge in [0.25, 0.3) is 0 Å². The molecule has 0 saturated carbocycles. The predicted molar refractivity (Wildman–Crippen MR) is 61.8 cm³/mol. The van der Waals surface area contributed by atoms with Crippen LogP contribution in [-0.2, 0) is 5.54 Å². The van der Waals surface area contributed by atoms with Crippen molar-refractivity contribution in [3.05, 3.63) is 18.2 Å². The summed E-state index contributed by atoms with van der Waals surface area (Å²) >= 11 is 0. The molecule has 3 heteroatoms. The number of hydrogen-bond donors (Lipinski definition) is 1. The van der Waals surface area contributed by atoms with E-state index in [0.717, 1.165) is 13.0 Å². The minimum atomic E-state index is 0.177. The van der Waals surface area contributed by atoms with E-state index in [2.05, 4.69) is 35.6 Å². The van der Waals surface area contributed by atoms with E-state index in [1.165, 1.54) is 18.5 Å². The van der Waals surface area contributed by atoms with Gasteiger partial charge in [-0.25, -0.2) is 4.98 Å². The van der Waals surface area contributed by atoms with Crippen LogP contribution in [0.4, 0.5) is 0 Å². The molecule has 0 spiro atoms. The summed E-state index contributed by atoms with van der Waals surface area (Å²) in [6, 6.07) is 0.512. The molecule has 1 fully saturated rings. The molecule has 1 atom stereocenters. The van der Waals surface area contributed by atoms with Gasteiger partial charge in [0.2, 0.25) is 0 Å². The second-order valence-electron chi connectivity index (χ2n) is 5.00. The minimum absolute atomic E-state index is 0.177. The summed E-state index contributed by atoms with van der Waals surface area (Å²) in [4.78, 5) is 4.30. The van der Waals surface area contributed by atoms with Crippen molar-refractivity contribution in [1.82, 2.24) is 14.9 Å². The van der Waals surface area contributed by atoms with Crippen LogP contribution in [0.1, 0.15) is 51.8 Å². The van der Waals surface area contributed by atoms with E-state index in [9.17, 15) is 0 Å². The van der Waals surface area contributed by atoms with Gasteiger partial charge >= 0.3 is 0 Å². The van der Waals surface area contributed by atoms with Crippen LogP contribution >= 0.6 is 0 Å². The van der Waals surface area contributed by atoms with E-state index in [-0.39, 0.29) is 5.54 Å². The van der Waals surface area contributed by atoms with Crippen molar-refractivity contribution in [1.29, 1.82) is 0 Å². The number of rotatable bonds is 3. The fourth-order valence-corrected chi connectivity index (χ4v) is 2.18. The Hall–Kier alpha value is -0.830. The molecule has 1 aromatic rings. The molecule has 0 unspecified atom stereocenters. The van der Waals surface area contributed by atoms with Gasteiger partial charge in [-0.3, -0.25) is 0 Å². The van der Waals surface area contributed by atoms with Crippen molar-refractivity contribution in [2.75, 3.05) is 6.54 Å². The fraction of sp³-hybridized carbons (Fsp3) is 0.750. The van der Waals surface area contributed by atoms with Crippen LogP contribution < -0.4 is 5.32 Å². The van der Waals surface area contributed by atoms with Gasteiger partial charge in [0.05, 0.1) is 12.0 Å². The first kappa shape index (κ1) is 10.7. The van der Waals surface area contributed by atoms with Crippen LogP contribution in [0.15, 0.2) is 12.5 Å². The van der Waals surface area contributed by atoms with E-state index in [4.69, 9.17) is 0 Å². The van der Waals surface area contributed by atoms with Gasteiger partial charge in [0, 0.05) is 17.8 Å². The smallest absolute Gasteiger partial charge is 0.0953 e. The molecule has 0 amide bonds. The van der Waals surface area contributed by atoms with Crippen molar-refractivity contribution >= 4 is 0 Å². The summed E-state index contributed by atoms with van der Waals surface area (Å²) in [6.45, 7) is 7.91. The summed E-state index contributed by atoms with van der Waals surface area (Å²) in [5.41, 5.74) is 1.52. The Morgan fingerprint density at radius 2 is 2.40 bits per heavy atom. The monoisotopic (exact) mass is 207 g/mol. The number of hydrogen-bond acceptors (Lipinski definition) is 2. The van der Waals surface area contributed by atoms with Gasteiger partial charge in [-0.1, -0.05) is 6.92 Å². The third kappa shape index (κ3) is 1.93. The van der Waals surface area contributed by atoms with Crippen molar-refractivity contribution < 1.29 is 0 Å². The van der Waals surface area contributed by atoms with Crippen LogP contribution in [0.25, 0.3) is 0 Å². The molecule has 3 nitrogen and oxygen atoms in total. The topological polar surface area (TPSA) is 29.9 Å². The van der Waals surface area contributed by atoms with Gasteiger partial charge in [-0.15, -0.1) is 0 Å². The fourth-order valence-electron chi connectivity index (χ4n) is 2.18. The highest BCUT2D eigenvalue weighted by Gasteiger charge is 2.25. The zero-order valence-corrected chi connectivity index (χ0v) is 9.95. The van der Waals surface area contributed by atoms with Gasteiger partial charge in [-0.2, -0.15) is 0 Å². The first-order valence-corrected chi connectivity index (χ1v) is 5.91. The molecular weight excluding hydrogens is 186 g/mol. The van der Waals surface area contributed by atoms with E-state index in [0.29, 0.717) is 6.04 Å². The van der Waals surface area contributed by atoms with E-state index >= 15 is 0 Å². The molecule has 84 valence electrons. The van der Waals surface area contributed by atoms with Crippen molar-refractivity contribution in [3.63, 3.8) is 0 Å². The highest BCUT2D eigenvalue weighted by Crippen LogP contribution is 2.28. The van der Waals surface area contributed by atoms with Gasteiger partial charge in [0.1, 0.15) is 0 Å². The van der Waals surface area contributed by atoms with Gasteiger partial charge < -0.3 is 9.88 Å². The maximum absolute atomic E-state index is 4.30. The lowest BCUT2D eigenvalue weighted by molar-refractivity contribution is 0.323. The van der Waals surface area contributed by atoms with Crippen LogP contribution in [-0.4, -0.2) is 16.1 Å². The molecule has 2 rings (SSSR count). The Morgan fingerprint density at radius 3 is 3.00 bits per heavy atom. The molecule has 1 N–H and O–H groups in total. The lowest BCUT2D eigenvalue weighted by Gasteiger charge is -2.29. The van der Waals surface area contributed by atoms with E-state index in [1.807, 2.05) is 12.5 Å². The van der Waals surface area contributed by atoms with E-state index in [1.54, 1.807) is 0 Å². The van der Waals surface area contributed by atoms with Crippen molar-refractivity contribution in [2.45, 2.75) is 51.6 Å². The largest absolute Gasteiger partial charge is 0.328 e. The Balaban J connectivity index is 2.28. The molecule has 2 heterocycles. The lowest BCUT2D eigenvalue weighted by atomic mass is 10.0. The first-order valence-electron chi connectivity index (χ1n) is 5.91. The summed E-state index contributed by atoms with van der Waals surface area (Å²) < 4.78 is 2.33. The number of aromatic nitrogens is 2. The average molecular weight is 207 g/mol. The SMILES string of the molecule is CCC(C)(C)n1cncc1[C@@H]1CCCN1. The Labute approximate surface area is 91.9 Å². The maximum Gasteiger partial charge on any atom is 0.0953 e. The van der Waals surface area contributed by atoms with Crippen LogP contribution in [0, 0.1) is 0 Å². The predicted octanol–water partition coefficient (Wildman–Crippen LogP) is 2.45. The molecule has 0 aliphatic carbocycles. The lowest BCUT2D eigenvalue weighted by Crippen LogP contribution is -2.29. The van der Waals surface area contributed by atoms with Gasteiger partial charge in [0.15, 0.2) is 0 Å². The average Bonchev–Trinajstić information content (AvgIpc) is 2.87. The highest BCUT2D eigenvalue weighted by atomic mass is 15.1. The summed E-state index contributed by atoms with van der Waals surface area (Å²) in [6.07, 6.45) is 7.64. The Kier molecular flexibility index (Phi) is 2.83. The van der Waals surface area contributed by atoms with Gasteiger partial charge in [-0.05, 0) is 39.7 Å². The highest BCUT2D eigenvalue weighted by molar-refractivity contribution is 5.10. The van der Waals surface area contributed by atoms with Crippen LogP contribution in [0.5, 0.6) is 0 Å². The van der Waals surface area contributed by atoms with Crippen molar-refractivity contribution in [3.8, 4) is 0 Å². The summed E-state index contributed by atoms with van der Waals surface area (Å²) in [5, 5.41) is 3.53. The molecule has 0 bridgehead atoms. The number of imidazole rings is 1. The van der Waals surface area contributed by atoms with E-state index < -0.39 is 0 Å². The molecule has 1 aliphatic heterocycles. The molecule has 0 aromatic carbocycles. The van der Waals surface area contributed by atoms with Crippen LogP contribution in [0.2, 0.25) is 0 Å². The zero-order chi connectivity index (χ0) is 10.9. The standard InChI is InChI=1S/C12H21N3/c1-4-12(2,3)15-9-13-8-11(15)10-6-5-7-14-10/h8-10,14H,4-7H2,1-3H3/t10-/m0/s1. The second-order valence-corrected chi connectivity index (χ2v) is 5.00. The number of nitrogens with zero attached hydrogens (tertiary/aromatic N) is 2. The summed E-state index contributed by atoms with van der Waals surface area (Å²) in [5.74, 6) is 0. The maximum atomic E-state index is 4.30. The zero-order valence-electron chi connectivity index (χ0n) is 9.95. The molecule has 1 saturated heterocycles. The Morgan fingerprint density at radius 1 is 1.60 bits per heavy atom. The second kappa shape index (κ2) is 3.97. The Bertz CT molecular complexity index is 321. The molecule has 1 aliphatic rings. The quantitative estimate of drug-likeness (QED) is 0.825. The van der Waals surface area contributed by atoms with Crippen LogP contribution in [0.3, 0.4) is 0 Å². The van der Waals surface area contributed by atoms with Crippen molar-refractivity contribution in [2.24, 2.45) is 0 Å². The third-order valence-electron chi connectivity index (χ3n) is 3.60. The first-order chi connectivity index (χ1) is 7.15. The number of nitrogens with one attached hydrogen (secondary N) is 1. The molecular formula is C12H21N3. The summed E-state index contributed by atoms with van der Waals surface area (Å²) in [7, 11) is 0. The molecule has 0 radical (unpaired) electrons. The normalized spacial score (nSPS) is 22.2. The third-order valence-corrected chi connectivity index (χ3v) is 3.60. The minimum Gasteiger partial charge on any atom is -0.328 e. The molecule has 1 aromatic heterocycles. The molecule has 15 heavy (non-hydrogen) atoms.